The number of rotatable bonds is 5. The van der Waals surface area contributed by atoms with Crippen LogP contribution in [0.3, 0.4) is 0 Å². The summed E-state index contributed by atoms with van der Waals surface area (Å²) in [4.78, 5) is 19.8. The standard InChI is InChI=1S/C23H23N5O2/c1-14-18(16-8-5-4-6-9-16)10-7-11-19(14)26-22-21-20(28(3)27-22)12-17(13-24-21)25-15(2)23(29)30/h4-13,15,26-27H,1-3H3,(H,29,30). The van der Waals surface area contributed by atoms with Crippen LogP contribution in [0.2, 0.25) is 0 Å². The van der Waals surface area contributed by atoms with Gasteiger partial charge in [0.15, 0.2) is 5.82 Å². The van der Waals surface area contributed by atoms with E-state index in [9.17, 15) is 4.79 Å². The summed E-state index contributed by atoms with van der Waals surface area (Å²) in [5, 5.41) is 16.3. The molecule has 0 saturated carbocycles. The Morgan fingerprint density at radius 3 is 2.70 bits per heavy atom. The van der Waals surface area contributed by atoms with Gasteiger partial charge in [-0.1, -0.05) is 42.5 Å². The molecule has 3 N–H and O–H groups in total. The molecule has 0 radical (unpaired) electrons. The SMILES string of the molecule is Cc1c(Nc2[nH]n(C)c3cc(=NC(C)C(=O)O)cnc2-3)cccc1-c1ccccc1. The van der Waals surface area contributed by atoms with E-state index in [1.54, 1.807) is 13.1 Å². The molecule has 0 aromatic heterocycles. The van der Waals surface area contributed by atoms with Gasteiger partial charge in [-0.2, -0.15) is 0 Å². The lowest BCUT2D eigenvalue weighted by Crippen LogP contribution is -2.18. The molecule has 1 atom stereocenters. The molecule has 1 unspecified atom stereocenters. The van der Waals surface area contributed by atoms with Crippen LogP contribution in [0.1, 0.15) is 12.5 Å². The molecule has 0 saturated heterocycles. The van der Waals surface area contributed by atoms with Crippen LogP contribution in [0.15, 0.2) is 65.8 Å². The van der Waals surface area contributed by atoms with Crippen molar-refractivity contribution in [2.45, 2.75) is 19.9 Å². The second kappa shape index (κ2) is 7.87. The maximum Gasteiger partial charge on any atom is 0.328 e. The third-order valence-electron chi connectivity index (χ3n) is 5.11. The van der Waals surface area contributed by atoms with E-state index >= 15 is 0 Å². The zero-order chi connectivity index (χ0) is 21.3. The fourth-order valence-corrected chi connectivity index (χ4v) is 3.44. The van der Waals surface area contributed by atoms with E-state index in [0.29, 0.717) is 5.36 Å². The zero-order valence-electron chi connectivity index (χ0n) is 17.0. The van der Waals surface area contributed by atoms with E-state index < -0.39 is 12.0 Å². The number of carboxylic acid groups (broad SMARTS) is 1. The number of pyridine rings is 1. The van der Waals surface area contributed by atoms with Gasteiger partial charge in [0.1, 0.15) is 11.7 Å². The molecule has 0 aliphatic carbocycles. The second-order valence-corrected chi connectivity index (χ2v) is 7.22. The Bertz CT molecular complexity index is 1240. The van der Waals surface area contributed by atoms with Crippen LogP contribution in [-0.4, -0.2) is 31.9 Å². The number of nitrogens with one attached hydrogen (secondary N) is 2. The molecule has 152 valence electrons. The van der Waals surface area contributed by atoms with Gasteiger partial charge in [-0.05, 0) is 42.7 Å². The number of aromatic nitrogens is 3. The van der Waals surface area contributed by atoms with Crippen LogP contribution in [0.25, 0.3) is 22.5 Å². The second-order valence-electron chi connectivity index (χ2n) is 7.22. The van der Waals surface area contributed by atoms with E-state index in [1.807, 2.05) is 48.1 Å². The lowest BCUT2D eigenvalue weighted by Gasteiger charge is -2.13. The molecule has 2 aliphatic heterocycles. The first-order valence-electron chi connectivity index (χ1n) is 9.67. The third-order valence-corrected chi connectivity index (χ3v) is 5.11. The maximum atomic E-state index is 11.1. The van der Waals surface area contributed by atoms with Gasteiger partial charge in [0, 0.05) is 12.7 Å². The highest BCUT2D eigenvalue weighted by atomic mass is 16.4. The Balaban J connectivity index is 1.71. The first-order chi connectivity index (χ1) is 14.4. The molecule has 0 fully saturated rings. The highest BCUT2D eigenvalue weighted by Crippen LogP contribution is 2.33. The number of hydrogen-bond donors (Lipinski definition) is 3. The summed E-state index contributed by atoms with van der Waals surface area (Å²) < 4.78 is 1.84. The lowest BCUT2D eigenvalue weighted by molar-refractivity contribution is -0.138. The van der Waals surface area contributed by atoms with Crippen molar-refractivity contribution in [2.75, 3.05) is 5.32 Å². The number of nitrogens with zero attached hydrogens (tertiary/aromatic N) is 3. The maximum absolute atomic E-state index is 11.1. The van der Waals surface area contributed by atoms with Crippen LogP contribution < -0.4 is 10.7 Å². The minimum atomic E-state index is -0.968. The van der Waals surface area contributed by atoms with E-state index in [-0.39, 0.29) is 0 Å². The molecule has 2 aromatic rings. The van der Waals surface area contributed by atoms with Crippen molar-refractivity contribution in [3.8, 4) is 22.5 Å². The quantitative estimate of drug-likeness (QED) is 0.472. The third kappa shape index (κ3) is 3.69. The number of carboxylic acids is 1. The Morgan fingerprint density at radius 2 is 1.97 bits per heavy atom. The van der Waals surface area contributed by atoms with Crippen LogP contribution in [0.5, 0.6) is 0 Å². The van der Waals surface area contributed by atoms with E-state index in [1.165, 1.54) is 0 Å². The number of H-pyrrole nitrogens is 1. The number of aryl methyl sites for hydroxylation is 1. The minimum Gasteiger partial charge on any atom is -0.480 e. The molecule has 2 heterocycles. The fraction of sp³-hybridized carbons (Fsp3) is 0.174. The highest BCUT2D eigenvalue weighted by molar-refractivity contribution is 5.80. The predicted molar refractivity (Wildman–Crippen MR) is 117 cm³/mol. The number of benzene rings is 2. The van der Waals surface area contributed by atoms with Crippen molar-refractivity contribution in [3.63, 3.8) is 0 Å². The van der Waals surface area contributed by atoms with Crippen LogP contribution in [-0.2, 0) is 11.8 Å². The molecule has 7 heteroatoms. The Kier molecular flexibility index (Phi) is 5.10. The average Bonchev–Trinajstić information content (AvgIpc) is 3.05. The number of hydrogen-bond acceptors (Lipinski definition) is 4. The van der Waals surface area contributed by atoms with E-state index in [4.69, 9.17) is 5.11 Å². The number of anilines is 2. The van der Waals surface area contributed by atoms with Gasteiger partial charge in [-0.25, -0.2) is 9.78 Å². The van der Waals surface area contributed by atoms with Gasteiger partial charge in [0.2, 0.25) is 0 Å². The molecule has 4 rings (SSSR count). The topological polar surface area (TPSA) is 95.3 Å². The summed E-state index contributed by atoms with van der Waals surface area (Å²) in [6.45, 7) is 3.63. The van der Waals surface area contributed by atoms with Crippen LogP contribution >= 0.6 is 0 Å². The van der Waals surface area contributed by atoms with Gasteiger partial charge < -0.3 is 10.4 Å². The molecule has 0 spiro atoms. The smallest absolute Gasteiger partial charge is 0.328 e. The molecule has 7 nitrogen and oxygen atoms in total. The summed E-state index contributed by atoms with van der Waals surface area (Å²) in [7, 11) is 1.88. The lowest BCUT2D eigenvalue weighted by atomic mass is 9.99. The zero-order valence-corrected chi connectivity index (χ0v) is 17.0. The molecular formula is C23H23N5O2. The van der Waals surface area contributed by atoms with Gasteiger partial charge >= 0.3 is 5.97 Å². The molecule has 2 aliphatic rings. The van der Waals surface area contributed by atoms with Crippen LogP contribution in [0, 0.1) is 6.92 Å². The van der Waals surface area contributed by atoms with Gasteiger partial charge in [-0.15, -0.1) is 0 Å². The largest absolute Gasteiger partial charge is 0.480 e. The number of aliphatic carboxylic acids is 1. The fourth-order valence-electron chi connectivity index (χ4n) is 3.44. The van der Waals surface area contributed by atoms with Crippen molar-refractivity contribution >= 4 is 17.5 Å². The Morgan fingerprint density at radius 1 is 1.20 bits per heavy atom. The van der Waals surface area contributed by atoms with Crippen molar-refractivity contribution in [2.24, 2.45) is 12.0 Å². The predicted octanol–water partition coefficient (Wildman–Crippen LogP) is 3.95. The molecule has 30 heavy (non-hydrogen) atoms. The molecule has 2 aromatic carbocycles. The highest BCUT2D eigenvalue weighted by Gasteiger charge is 2.17. The van der Waals surface area contributed by atoms with Crippen molar-refractivity contribution in [1.82, 2.24) is 14.8 Å². The van der Waals surface area contributed by atoms with Gasteiger partial charge in [0.05, 0.1) is 17.2 Å². The summed E-state index contributed by atoms with van der Waals surface area (Å²) in [6, 6.07) is 17.4. The molecular weight excluding hydrogens is 378 g/mol. The number of carbonyl (C=O) groups is 1. The summed E-state index contributed by atoms with van der Waals surface area (Å²) >= 11 is 0. The summed E-state index contributed by atoms with van der Waals surface area (Å²) in [5.74, 6) is -0.205. The molecule has 0 amide bonds. The first kappa shape index (κ1) is 19.4. The van der Waals surface area contributed by atoms with Crippen molar-refractivity contribution < 1.29 is 9.90 Å². The van der Waals surface area contributed by atoms with Gasteiger partial charge in [0.25, 0.3) is 0 Å². The Labute approximate surface area is 174 Å². The minimum absolute atomic E-state index is 0.529. The van der Waals surface area contributed by atoms with Crippen LogP contribution in [0.4, 0.5) is 11.5 Å². The normalized spacial score (nSPS) is 12.8. The Hall–Kier alpha value is -3.87. The van der Waals surface area contributed by atoms with E-state index in [0.717, 1.165) is 39.6 Å². The summed E-state index contributed by atoms with van der Waals surface area (Å²) in [6.07, 6.45) is 1.59. The van der Waals surface area contributed by atoms with Gasteiger partial charge in [-0.3, -0.25) is 14.8 Å². The molecule has 0 bridgehead atoms. The average molecular weight is 401 g/mol. The first-order valence-corrected chi connectivity index (χ1v) is 9.67. The number of aromatic amines is 1. The van der Waals surface area contributed by atoms with Crippen molar-refractivity contribution in [1.29, 1.82) is 0 Å². The summed E-state index contributed by atoms with van der Waals surface area (Å²) in [5.41, 5.74) is 6.03. The van der Waals surface area contributed by atoms with Crippen molar-refractivity contribution in [3.05, 3.63) is 71.7 Å². The number of fused-ring (bicyclic) bond motifs is 1. The van der Waals surface area contributed by atoms with E-state index in [2.05, 4.69) is 45.5 Å². The monoisotopic (exact) mass is 401 g/mol.